The molecular formula is C29H26INO6S. The van der Waals surface area contributed by atoms with E-state index in [2.05, 4.69) is 22.6 Å². The van der Waals surface area contributed by atoms with Crippen molar-refractivity contribution in [2.24, 2.45) is 0 Å². The summed E-state index contributed by atoms with van der Waals surface area (Å²) in [5.74, 6) is -1.83. The summed E-state index contributed by atoms with van der Waals surface area (Å²) >= 11 is 2.07. The molecule has 0 aromatic heterocycles. The zero-order chi connectivity index (χ0) is 27.6. The minimum atomic E-state index is -4.38. The Morgan fingerprint density at radius 2 is 1.45 bits per heavy atom. The second kappa shape index (κ2) is 11.1. The lowest BCUT2D eigenvalue weighted by molar-refractivity contribution is -0.140. The fourth-order valence-corrected chi connectivity index (χ4v) is 7.42. The van der Waals surface area contributed by atoms with Gasteiger partial charge < -0.3 is 9.47 Å². The number of esters is 2. The van der Waals surface area contributed by atoms with E-state index in [1.807, 2.05) is 38.1 Å². The smallest absolute Gasteiger partial charge is 0.356 e. The molecule has 1 atom stereocenters. The molecule has 38 heavy (non-hydrogen) atoms. The molecule has 1 unspecified atom stereocenters. The van der Waals surface area contributed by atoms with E-state index in [-0.39, 0.29) is 10.5 Å². The molecule has 0 saturated heterocycles. The van der Waals surface area contributed by atoms with E-state index in [0.717, 1.165) is 22.5 Å². The highest BCUT2D eigenvalue weighted by atomic mass is 127. The van der Waals surface area contributed by atoms with Gasteiger partial charge in [-0.2, -0.15) is 0 Å². The number of benzene rings is 3. The Labute approximate surface area is 236 Å². The third kappa shape index (κ3) is 5.00. The van der Waals surface area contributed by atoms with E-state index in [4.69, 9.17) is 9.47 Å². The molecule has 0 bridgehead atoms. The number of ether oxygens (including phenoxy) is 2. The standard InChI is InChI=1S/C29H26INO6S/c1-18-13-15-22(16-14-18)38(34,35)31-26(21-12-8-9-19(2)17-21)25(30)23(20-10-6-5-7-11-20)24(28(32)36-3)27(31)29(33)37-4/h5-17,26H,1-4H3. The van der Waals surface area contributed by atoms with Crippen molar-refractivity contribution in [3.63, 3.8) is 0 Å². The first kappa shape index (κ1) is 27.6. The average Bonchev–Trinajstić information content (AvgIpc) is 2.92. The highest BCUT2D eigenvalue weighted by molar-refractivity contribution is 14.1. The predicted molar refractivity (Wildman–Crippen MR) is 153 cm³/mol. The molecule has 0 spiro atoms. The van der Waals surface area contributed by atoms with Crippen molar-refractivity contribution in [3.05, 3.63) is 116 Å². The van der Waals surface area contributed by atoms with Gasteiger partial charge in [0.2, 0.25) is 0 Å². The minimum Gasteiger partial charge on any atom is -0.465 e. The molecule has 7 nitrogen and oxygen atoms in total. The number of nitrogens with zero attached hydrogens (tertiary/aromatic N) is 1. The summed E-state index contributed by atoms with van der Waals surface area (Å²) in [6, 6.07) is 21.8. The molecule has 0 fully saturated rings. The molecule has 0 radical (unpaired) electrons. The molecule has 0 N–H and O–H groups in total. The van der Waals surface area contributed by atoms with Crippen LogP contribution in [-0.2, 0) is 29.1 Å². The highest BCUT2D eigenvalue weighted by Crippen LogP contribution is 2.50. The Hall–Kier alpha value is -3.44. The van der Waals surface area contributed by atoms with Crippen LogP contribution in [-0.4, -0.2) is 38.9 Å². The van der Waals surface area contributed by atoms with Crippen LogP contribution >= 0.6 is 22.6 Å². The van der Waals surface area contributed by atoms with Gasteiger partial charge in [0.1, 0.15) is 11.6 Å². The molecule has 9 heteroatoms. The van der Waals surface area contributed by atoms with Gasteiger partial charge in [0.15, 0.2) is 5.70 Å². The Morgan fingerprint density at radius 1 is 0.816 bits per heavy atom. The molecule has 3 aromatic rings. The number of carbonyl (C=O) groups excluding carboxylic acids is 2. The third-order valence-corrected chi connectivity index (χ3v) is 9.10. The fourth-order valence-electron chi connectivity index (χ4n) is 4.40. The third-order valence-electron chi connectivity index (χ3n) is 6.19. The molecule has 3 aromatic carbocycles. The highest BCUT2D eigenvalue weighted by Gasteiger charge is 2.47. The number of methoxy groups -OCH3 is 2. The zero-order valence-electron chi connectivity index (χ0n) is 21.3. The van der Waals surface area contributed by atoms with E-state index in [1.165, 1.54) is 19.2 Å². The Bertz CT molecular complexity index is 1560. The second-order valence-corrected chi connectivity index (χ2v) is 11.7. The van der Waals surface area contributed by atoms with Crippen LogP contribution in [0.25, 0.3) is 5.57 Å². The van der Waals surface area contributed by atoms with Gasteiger partial charge in [-0.1, -0.05) is 77.9 Å². The van der Waals surface area contributed by atoms with Crippen LogP contribution in [0, 0.1) is 13.8 Å². The maximum Gasteiger partial charge on any atom is 0.356 e. The normalized spacial score (nSPS) is 15.9. The van der Waals surface area contributed by atoms with Crippen LogP contribution in [0.2, 0.25) is 0 Å². The van der Waals surface area contributed by atoms with Gasteiger partial charge in [-0.15, -0.1) is 0 Å². The van der Waals surface area contributed by atoms with Gasteiger partial charge in [-0.3, -0.25) is 0 Å². The molecular weight excluding hydrogens is 617 g/mol. The molecule has 0 saturated carbocycles. The quantitative estimate of drug-likeness (QED) is 0.261. The summed E-state index contributed by atoms with van der Waals surface area (Å²) in [7, 11) is -2.05. The minimum absolute atomic E-state index is 0.0290. The monoisotopic (exact) mass is 643 g/mol. The van der Waals surface area contributed by atoms with Crippen molar-refractivity contribution >= 4 is 50.1 Å². The lowest BCUT2D eigenvalue weighted by Crippen LogP contribution is -2.42. The molecule has 1 aliphatic heterocycles. The van der Waals surface area contributed by atoms with Gasteiger partial charge in [0.05, 0.1) is 19.1 Å². The van der Waals surface area contributed by atoms with E-state index < -0.39 is 33.7 Å². The maximum absolute atomic E-state index is 14.3. The summed E-state index contributed by atoms with van der Waals surface area (Å²) < 4.78 is 40.4. The lowest BCUT2D eigenvalue weighted by atomic mass is 9.88. The Morgan fingerprint density at radius 3 is 2.03 bits per heavy atom. The van der Waals surface area contributed by atoms with E-state index in [0.29, 0.717) is 20.3 Å². The summed E-state index contributed by atoms with van der Waals surface area (Å²) in [4.78, 5) is 26.8. The van der Waals surface area contributed by atoms with Gasteiger partial charge in [0, 0.05) is 9.15 Å². The van der Waals surface area contributed by atoms with Crippen molar-refractivity contribution in [2.45, 2.75) is 24.8 Å². The topological polar surface area (TPSA) is 90.0 Å². The maximum atomic E-state index is 14.3. The number of hydrogen-bond donors (Lipinski definition) is 0. The van der Waals surface area contributed by atoms with Crippen LogP contribution in [0.3, 0.4) is 0 Å². The number of halogens is 1. The van der Waals surface area contributed by atoms with Gasteiger partial charge in [-0.05, 0) is 59.7 Å². The van der Waals surface area contributed by atoms with Gasteiger partial charge in [0.25, 0.3) is 10.0 Å². The first-order chi connectivity index (χ1) is 18.1. The van der Waals surface area contributed by atoms with Crippen LogP contribution in [0.4, 0.5) is 0 Å². The average molecular weight is 643 g/mol. The van der Waals surface area contributed by atoms with Crippen LogP contribution in [0.15, 0.2) is 98.6 Å². The second-order valence-electron chi connectivity index (χ2n) is 8.73. The van der Waals surface area contributed by atoms with Crippen molar-refractivity contribution < 1.29 is 27.5 Å². The predicted octanol–water partition coefficient (Wildman–Crippen LogP) is 5.50. The Kier molecular flexibility index (Phi) is 8.08. The van der Waals surface area contributed by atoms with Crippen molar-refractivity contribution in [2.75, 3.05) is 14.2 Å². The van der Waals surface area contributed by atoms with E-state index in [9.17, 15) is 18.0 Å². The van der Waals surface area contributed by atoms with Crippen molar-refractivity contribution in [1.29, 1.82) is 0 Å². The molecule has 4 rings (SSSR count). The van der Waals surface area contributed by atoms with Gasteiger partial charge in [-0.25, -0.2) is 22.3 Å². The zero-order valence-corrected chi connectivity index (χ0v) is 24.2. The molecule has 0 aliphatic carbocycles. The molecule has 196 valence electrons. The largest absolute Gasteiger partial charge is 0.465 e. The molecule has 0 amide bonds. The summed E-state index contributed by atoms with van der Waals surface area (Å²) in [5, 5.41) is 0. The summed E-state index contributed by atoms with van der Waals surface area (Å²) in [5.41, 5.74) is 2.84. The molecule has 1 heterocycles. The summed E-state index contributed by atoms with van der Waals surface area (Å²) in [6.45, 7) is 3.75. The van der Waals surface area contributed by atoms with Gasteiger partial charge >= 0.3 is 11.9 Å². The first-order valence-electron chi connectivity index (χ1n) is 11.7. The van der Waals surface area contributed by atoms with Crippen molar-refractivity contribution in [3.8, 4) is 0 Å². The lowest BCUT2D eigenvalue weighted by Gasteiger charge is -2.39. The van der Waals surface area contributed by atoms with E-state index >= 15 is 0 Å². The van der Waals surface area contributed by atoms with Crippen LogP contribution in [0.1, 0.15) is 28.3 Å². The van der Waals surface area contributed by atoms with Crippen molar-refractivity contribution in [1.82, 2.24) is 4.31 Å². The van der Waals surface area contributed by atoms with Crippen LogP contribution in [0.5, 0.6) is 0 Å². The number of carbonyl (C=O) groups is 2. The number of hydrogen-bond acceptors (Lipinski definition) is 6. The number of rotatable bonds is 6. The Balaban J connectivity index is 2.17. The van der Waals surface area contributed by atoms with Crippen LogP contribution < -0.4 is 0 Å². The van der Waals surface area contributed by atoms with E-state index in [1.54, 1.807) is 42.5 Å². The fraction of sp³-hybridized carbons (Fsp3) is 0.172. The summed E-state index contributed by atoms with van der Waals surface area (Å²) in [6.07, 6.45) is 0. The number of sulfonamides is 1. The first-order valence-corrected chi connectivity index (χ1v) is 14.2. The molecule has 1 aliphatic rings. The SMILES string of the molecule is COC(=O)C1=C(C(=O)OC)N(S(=O)(=O)c2ccc(C)cc2)C(c2cccc(C)c2)C(I)=C1c1ccccc1. The number of aryl methyl sites for hydroxylation is 2.